The van der Waals surface area contributed by atoms with Crippen LogP contribution < -0.4 is 0 Å². The van der Waals surface area contributed by atoms with Gasteiger partial charge in [-0.25, -0.2) is 9.18 Å². The van der Waals surface area contributed by atoms with Crippen LogP contribution in [0.4, 0.5) is 4.39 Å². The number of rotatable bonds is 3. The molecular weight excluding hydrogens is 269 g/mol. The van der Waals surface area contributed by atoms with E-state index in [1.807, 2.05) is 42.0 Å². The molecule has 4 heteroatoms. The normalized spacial score (nSPS) is 11.0. The number of fused-ring (bicyclic) bond motifs is 1. The van der Waals surface area contributed by atoms with Gasteiger partial charge in [0.2, 0.25) is 0 Å². The minimum atomic E-state index is -1.12. The summed E-state index contributed by atoms with van der Waals surface area (Å²) in [6.45, 7) is 2.41. The largest absolute Gasteiger partial charge is 0.478 e. The summed E-state index contributed by atoms with van der Waals surface area (Å²) in [7, 11) is 0. The molecular formula is C17H14FNO2. The zero-order chi connectivity index (χ0) is 15.0. The van der Waals surface area contributed by atoms with E-state index in [-0.39, 0.29) is 5.56 Å². The maximum absolute atomic E-state index is 14.0. The van der Waals surface area contributed by atoms with Gasteiger partial charge in [0.05, 0.1) is 12.1 Å². The highest BCUT2D eigenvalue weighted by atomic mass is 19.1. The van der Waals surface area contributed by atoms with Crippen molar-refractivity contribution in [3.05, 3.63) is 71.2 Å². The summed E-state index contributed by atoms with van der Waals surface area (Å²) in [5, 5.41) is 10.00. The van der Waals surface area contributed by atoms with Crippen molar-refractivity contribution in [2.45, 2.75) is 13.5 Å². The first kappa shape index (κ1) is 13.4. The third-order valence-corrected chi connectivity index (χ3v) is 3.67. The number of aromatic nitrogens is 1. The van der Waals surface area contributed by atoms with Crippen LogP contribution in [-0.2, 0) is 6.54 Å². The summed E-state index contributed by atoms with van der Waals surface area (Å²) in [5.74, 6) is -1.62. The lowest BCUT2D eigenvalue weighted by Crippen LogP contribution is -2.03. The molecule has 106 valence electrons. The van der Waals surface area contributed by atoms with Crippen LogP contribution in [0.25, 0.3) is 10.9 Å². The van der Waals surface area contributed by atoms with Crippen LogP contribution in [0.3, 0.4) is 0 Å². The molecule has 1 N–H and O–H groups in total. The molecule has 0 amide bonds. The molecule has 0 radical (unpaired) electrons. The highest BCUT2D eigenvalue weighted by Gasteiger charge is 2.10. The number of hydrogen-bond acceptors (Lipinski definition) is 1. The first-order valence-corrected chi connectivity index (χ1v) is 6.62. The Hall–Kier alpha value is -2.62. The number of carboxylic acid groups (broad SMARTS) is 1. The van der Waals surface area contributed by atoms with Crippen molar-refractivity contribution in [1.82, 2.24) is 4.57 Å². The molecule has 1 aromatic heterocycles. The van der Waals surface area contributed by atoms with Crippen molar-refractivity contribution < 1.29 is 14.3 Å². The molecule has 1 heterocycles. The van der Waals surface area contributed by atoms with Crippen molar-refractivity contribution in [3.8, 4) is 0 Å². The Kier molecular flexibility index (Phi) is 3.22. The average molecular weight is 283 g/mol. The molecule has 0 spiro atoms. The van der Waals surface area contributed by atoms with Crippen molar-refractivity contribution in [1.29, 1.82) is 0 Å². The predicted octanol–water partition coefficient (Wildman–Crippen LogP) is 3.84. The molecule has 0 atom stereocenters. The number of hydrogen-bond donors (Lipinski definition) is 1. The number of aromatic carboxylic acids is 1. The molecule has 0 unspecified atom stereocenters. The second-order valence-electron chi connectivity index (χ2n) is 5.06. The van der Waals surface area contributed by atoms with Crippen LogP contribution in [0.1, 0.15) is 21.5 Å². The summed E-state index contributed by atoms with van der Waals surface area (Å²) in [6, 6.07) is 12.0. The molecule has 0 bridgehead atoms. The molecule has 3 rings (SSSR count). The van der Waals surface area contributed by atoms with Gasteiger partial charge < -0.3 is 9.67 Å². The van der Waals surface area contributed by atoms with Crippen molar-refractivity contribution in [2.24, 2.45) is 0 Å². The molecule has 21 heavy (non-hydrogen) atoms. The lowest BCUT2D eigenvalue weighted by molar-refractivity contribution is 0.0696. The predicted molar refractivity (Wildman–Crippen MR) is 79.1 cm³/mol. The number of nitrogens with zero attached hydrogens (tertiary/aromatic N) is 1. The fourth-order valence-electron chi connectivity index (χ4n) is 2.51. The Labute approximate surface area is 121 Å². The van der Waals surface area contributed by atoms with E-state index in [0.29, 0.717) is 12.1 Å². The molecule has 0 aliphatic heterocycles. The van der Waals surface area contributed by atoms with Gasteiger partial charge in [-0.1, -0.05) is 18.2 Å². The molecule has 0 fully saturated rings. The van der Waals surface area contributed by atoms with Crippen molar-refractivity contribution in [2.75, 3.05) is 0 Å². The Morgan fingerprint density at radius 1 is 1.24 bits per heavy atom. The van der Waals surface area contributed by atoms with Crippen LogP contribution in [0.15, 0.2) is 48.7 Å². The number of carboxylic acids is 1. The van der Waals surface area contributed by atoms with E-state index >= 15 is 0 Å². The molecule has 3 aromatic rings. The second kappa shape index (κ2) is 5.05. The lowest BCUT2D eigenvalue weighted by atomic mass is 10.1. The Balaban J connectivity index is 1.99. The summed E-state index contributed by atoms with van der Waals surface area (Å²) in [5.41, 5.74) is 2.65. The summed E-state index contributed by atoms with van der Waals surface area (Å²) in [6.07, 6.45) is 1.92. The topological polar surface area (TPSA) is 42.2 Å². The van der Waals surface area contributed by atoms with E-state index in [4.69, 9.17) is 5.11 Å². The number of halogens is 1. The lowest BCUT2D eigenvalue weighted by Gasteiger charge is -2.08. The molecule has 0 saturated carbocycles. The van der Waals surface area contributed by atoms with Crippen LogP contribution in [0, 0.1) is 12.7 Å². The number of carbonyl (C=O) groups is 1. The van der Waals surface area contributed by atoms with Gasteiger partial charge in [-0.05, 0) is 36.8 Å². The van der Waals surface area contributed by atoms with Crippen LogP contribution >= 0.6 is 0 Å². The smallest absolute Gasteiger partial charge is 0.335 e. The molecule has 2 aromatic carbocycles. The van der Waals surface area contributed by atoms with Crippen molar-refractivity contribution >= 4 is 16.9 Å². The highest BCUT2D eigenvalue weighted by molar-refractivity contribution is 5.87. The standard InChI is InChI=1S/C17H14FNO2/c1-11-3-2-4-16-14(11)7-8-19(16)10-13-6-5-12(17(20)21)9-15(13)18/h2-9H,10H2,1H3,(H,20,21). The summed E-state index contributed by atoms with van der Waals surface area (Å²) < 4.78 is 16.0. The van der Waals surface area contributed by atoms with Gasteiger partial charge in [-0.3, -0.25) is 0 Å². The third-order valence-electron chi connectivity index (χ3n) is 3.67. The van der Waals surface area contributed by atoms with Gasteiger partial charge in [-0.15, -0.1) is 0 Å². The molecule has 0 aliphatic rings. The fourth-order valence-corrected chi connectivity index (χ4v) is 2.51. The molecule has 0 saturated heterocycles. The second-order valence-corrected chi connectivity index (χ2v) is 5.06. The SMILES string of the molecule is Cc1cccc2c1ccn2Cc1ccc(C(=O)O)cc1F. The number of benzene rings is 2. The van der Waals surface area contributed by atoms with E-state index < -0.39 is 11.8 Å². The van der Waals surface area contributed by atoms with Gasteiger partial charge in [0.1, 0.15) is 5.82 Å². The van der Waals surface area contributed by atoms with Gasteiger partial charge >= 0.3 is 5.97 Å². The summed E-state index contributed by atoms with van der Waals surface area (Å²) in [4.78, 5) is 10.8. The third kappa shape index (κ3) is 2.40. The Morgan fingerprint density at radius 3 is 2.76 bits per heavy atom. The first-order chi connectivity index (χ1) is 10.1. The van der Waals surface area contributed by atoms with Gasteiger partial charge in [0, 0.05) is 22.7 Å². The van der Waals surface area contributed by atoms with E-state index in [0.717, 1.165) is 17.0 Å². The van der Waals surface area contributed by atoms with Crippen LogP contribution in [0.2, 0.25) is 0 Å². The average Bonchev–Trinajstić information content (AvgIpc) is 2.85. The summed E-state index contributed by atoms with van der Waals surface area (Å²) >= 11 is 0. The van der Waals surface area contributed by atoms with Gasteiger partial charge in [0.25, 0.3) is 0 Å². The van der Waals surface area contributed by atoms with Crippen LogP contribution in [0.5, 0.6) is 0 Å². The maximum atomic E-state index is 14.0. The quantitative estimate of drug-likeness (QED) is 0.793. The Bertz CT molecular complexity index is 836. The minimum absolute atomic E-state index is 0.0375. The molecule has 0 aliphatic carbocycles. The van der Waals surface area contributed by atoms with Crippen LogP contribution in [-0.4, -0.2) is 15.6 Å². The zero-order valence-electron chi connectivity index (χ0n) is 11.5. The van der Waals surface area contributed by atoms with Gasteiger partial charge in [0.15, 0.2) is 0 Å². The highest BCUT2D eigenvalue weighted by Crippen LogP contribution is 2.21. The van der Waals surface area contributed by atoms with E-state index in [1.54, 1.807) is 0 Å². The zero-order valence-corrected chi connectivity index (χ0v) is 11.5. The van der Waals surface area contributed by atoms with Gasteiger partial charge in [-0.2, -0.15) is 0 Å². The first-order valence-electron chi connectivity index (χ1n) is 6.62. The van der Waals surface area contributed by atoms with E-state index in [2.05, 4.69) is 0 Å². The minimum Gasteiger partial charge on any atom is -0.478 e. The Morgan fingerprint density at radius 2 is 2.05 bits per heavy atom. The molecule has 3 nitrogen and oxygen atoms in total. The van der Waals surface area contributed by atoms with Crippen molar-refractivity contribution in [3.63, 3.8) is 0 Å². The monoisotopic (exact) mass is 283 g/mol. The van der Waals surface area contributed by atoms with E-state index in [9.17, 15) is 9.18 Å². The maximum Gasteiger partial charge on any atom is 0.335 e. The number of aryl methyl sites for hydroxylation is 1. The fraction of sp³-hybridized carbons (Fsp3) is 0.118. The van der Waals surface area contributed by atoms with E-state index in [1.165, 1.54) is 17.7 Å².